The zero-order valence-electron chi connectivity index (χ0n) is 9.29. The van der Waals surface area contributed by atoms with E-state index in [1.165, 1.54) is 0 Å². The minimum atomic E-state index is -0.362. The first kappa shape index (κ1) is 12.9. The minimum Gasteiger partial charge on any atom is -0.389 e. The van der Waals surface area contributed by atoms with Gasteiger partial charge in [-0.3, -0.25) is 0 Å². The highest BCUT2D eigenvalue weighted by molar-refractivity contribution is 4.60. The predicted octanol–water partition coefficient (Wildman–Crippen LogP) is 1.11. The highest BCUT2D eigenvalue weighted by atomic mass is 16.5. The Bertz CT molecular complexity index is 117. The van der Waals surface area contributed by atoms with Crippen LogP contribution in [0.25, 0.3) is 0 Å². The lowest BCUT2D eigenvalue weighted by molar-refractivity contribution is -0.00550. The Morgan fingerprint density at radius 1 is 1.38 bits per heavy atom. The lowest BCUT2D eigenvalue weighted by Gasteiger charge is -2.20. The molecule has 0 rings (SSSR count). The molecule has 1 atom stereocenters. The number of hydrogen-bond donors (Lipinski definition) is 1. The molecule has 0 aliphatic heterocycles. The van der Waals surface area contributed by atoms with Crippen molar-refractivity contribution in [2.75, 3.05) is 26.7 Å². The van der Waals surface area contributed by atoms with E-state index in [1.807, 2.05) is 20.9 Å². The van der Waals surface area contributed by atoms with Gasteiger partial charge < -0.3 is 14.7 Å². The van der Waals surface area contributed by atoms with Crippen LogP contribution in [0.15, 0.2) is 0 Å². The topological polar surface area (TPSA) is 32.7 Å². The zero-order chi connectivity index (χ0) is 10.3. The number of likely N-dealkylation sites (N-methyl/N-ethyl adjacent to an activating group) is 1. The smallest absolute Gasteiger partial charge is 0.0900 e. The van der Waals surface area contributed by atoms with Gasteiger partial charge in [0.05, 0.1) is 18.8 Å². The summed E-state index contributed by atoms with van der Waals surface area (Å²) in [5.74, 6) is 0. The van der Waals surface area contributed by atoms with E-state index in [-0.39, 0.29) is 12.2 Å². The van der Waals surface area contributed by atoms with Gasteiger partial charge >= 0.3 is 0 Å². The summed E-state index contributed by atoms with van der Waals surface area (Å²) >= 11 is 0. The molecule has 0 heterocycles. The molecule has 0 saturated carbocycles. The van der Waals surface area contributed by atoms with Crippen LogP contribution in [0.2, 0.25) is 0 Å². The Hall–Kier alpha value is -0.120. The predicted molar refractivity (Wildman–Crippen MR) is 54.9 cm³/mol. The van der Waals surface area contributed by atoms with E-state index in [4.69, 9.17) is 4.74 Å². The Kier molecular flexibility index (Phi) is 7.23. The molecule has 80 valence electrons. The molecule has 3 nitrogen and oxygen atoms in total. The molecule has 3 heteroatoms. The van der Waals surface area contributed by atoms with E-state index < -0.39 is 0 Å². The normalized spacial score (nSPS) is 14.1. The Balaban J connectivity index is 3.43. The number of ether oxygens (including phenoxy) is 1. The SMILES string of the molecule is CCCN(C)CC(O)COC(C)C. The van der Waals surface area contributed by atoms with Crippen molar-refractivity contribution in [1.29, 1.82) is 0 Å². The third-order valence-corrected chi connectivity index (χ3v) is 1.75. The van der Waals surface area contributed by atoms with Crippen LogP contribution >= 0.6 is 0 Å². The summed E-state index contributed by atoms with van der Waals surface area (Å²) in [6.07, 6.45) is 0.957. The van der Waals surface area contributed by atoms with Gasteiger partial charge in [-0.2, -0.15) is 0 Å². The largest absolute Gasteiger partial charge is 0.389 e. The quantitative estimate of drug-likeness (QED) is 0.651. The molecule has 0 amide bonds. The highest BCUT2D eigenvalue weighted by Gasteiger charge is 2.08. The molecule has 1 N–H and O–H groups in total. The lowest BCUT2D eigenvalue weighted by Crippen LogP contribution is -2.33. The fraction of sp³-hybridized carbons (Fsp3) is 1.00. The van der Waals surface area contributed by atoms with Crippen LogP contribution in [-0.4, -0.2) is 49.0 Å². The van der Waals surface area contributed by atoms with Crippen molar-refractivity contribution in [2.45, 2.75) is 39.4 Å². The van der Waals surface area contributed by atoms with Crippen molar-refractivity contribution < 1.29 is 9.84 Å². The summed E-state index contributed by atoms with van der Waals surface area (Å²) in [5.41, 5.74) is 0. The second kappa shape index (κ2) is 7.30. The first-order valence-electron chi connectivity index (χ1n) is 5.04. The van der Waals surface area contributed by atoms with Crippen LogP contribution < -0.4 is 0 Å². The minimum absolute atomic E-state index is 0.200. The molecular formula is C10H23NO2. The van der Waals surface area contributed by atoms with Gasteiger partial charge in [-0.05, 0) is 33.9 Å². The summed E-state index contributed by atoms with van der Waals surface area (Å²) in [4.78, 5) is 2.12. The highest BCUT2D eigenvalue weighted by Crippen LogP contribution is 1.95. The molecule has 0 aromatic carbocycles. The van der Waals surface area contributed by atoms with E-state index in [0.717, 1.165) is 13.0 Å². The lowest BCUT2D eigenvalue weighted by atomic mass is 10.3. The number of hydrogen-bond acceptors (Lipinski definition) is 3. The molecule has 1 unspecified atom stereocenters. The molecule has 0 aliphatic carbocycles. The van der Waals surface area contributed by atoms with Crippen molar-refractivity contribution in [1.82, 2.24) is 4.90 Å². The van der Waals surface area contributed by atoms with E-state index >= 15 is 0 Å². The van der Waals surface area contributed by atoms with Crippen LogP contribution in [0.1, 0.15) is 27.2 Å². The molecule has 0 aliphatic rings. The van der Waals surface area contributed by atoms with Gasteiger partial charge in [0.15, 0.2) is 0 Å². The molecule has 0 aromatic heterocycles. The summed E-state index contributed by atoms with van der Waals surface area (Å²) in [6, 6.07) is 0. The van der Waals surface area contributed by atoms with E-state index in [0.29, 0.717) is 13.2 Å². The van der Waals surface area contributed by atoms with Crippen LogP contribution in [0, 0.1) is 0 Å². The summed E-state index contributed by atoms with van der Waals surface area (Å²) < 4.78 is 5.31. The number of aliphatic hydroxyl groups excluding tert-OH is 1. The molecule has 13 heavy (non-hydrogen) atoms. The zero-order valence-corrected chi connectivity index (χ0v) is 9.29. The van der Waals surface area contributed by atoms with E-state index in [9.17, 15) is 5.11 Å². The summed E-state index contributed by atoms with van der Waals surface area (Å²) in [6.45, 7) is 8.24. The van der Waals surface area contributed by atoms with Gasteiger partial charge in [0, 0.05) is 6.54 Å². The van der Waals surface area contributed by atoms with Gasteiger partial charge in [0.1, 0.15) is 0 Å². The summed E-state index contributed by atoms with van der Waals surface area (Å²) in [7, 11) is 2.02. The fourth-order valence-electron chi connectivity index (χ4n) is 1.19. The van der Waals surface area contributed by atoms with Crippen LogP contribution in [0.3, 0.4) is 0 Å². The average molecular weight is 189 g/mol. The molecule has 0 aromatic rings. The monoisotopic (exact) mass is 189 g/mol. The van der Waals surface area contributed by atoms with Crippen molar-refractivity contribution >= 4 is 0 Å². The van der Waals surface area contributed by atoms with E-state index in [2.05, 4.69) is 11.8 Å². The van der Waals surface area contributed by atoms with Gasteiger partial charge in [-0.1, -0.05) is 6.92 Å². The van der Waals surface area contributed by atoms with Gasteiger partial charge in [0.25, 0.3) is 0 Å². The second-order valence-electron chi connectivity index (χ2n) is 3.80. The third kappa shape index (κ3) is 8.22. The number of nitrogens with zero attached hydrogens (tertiary/aromatic N) is 1. The molecule has 0 saturated heterocycles. The Morgan fingerprint density at radius 2 is 2.00 bits per heavy atom. The molecule has 0 spiro atoms. The molecule has 0 fully saturated rings. The van der Waals surface area contributed by atoms with Gasteiger partial charge in [-0.15, -0.1) is 0 Å². The first-order chi connectivity index (χ1) is 6.06. The average Bonchev–Trinajstić information content (AvgIpc) is 2.01. The Morgan fingerprint density at radius 3 is 2.46 bits per heavy atom. The van der Waals surface area contributed by atoms with Crippen LogP contribution in [0.5, 0.6) is 0 Å². The van der Waals surface area contributed by atoms with E-state index in [1.54, 1.807) is 0 Å². The maximum Gasteiger partial charge on any atom is 0.0900 e. The standard InChI is InChI=1S/C10H23NO2/c1-5-6-11(4)7-10(12)8-13-9(2)3/h9-10,12H,5-8H2,1-4H3. The third-order valence-electron chi connectivity index (χ3n) is 1.75. The maximum atomic E-state index is 9.53. The number of aliphatic hydroxyl groups is 1. The van der Waals surface area contributed by atoms with Crippen molar-refractivity contribution in [3.8, 4) is 0 Å². The van der Waals surface area contributed by atoms with Crippen molar-refractivity contribution in [3.05, 3.63) is 0 Å². The second-order valence-corrected chi connectivity index (χ2v) is 3.80. The van der Waals surface area contributed by atoms with Crippen molar-refractivity contribution in [2.24, 2.45) is 0 Å². The number of rotatable bonds is 7. The van der Waals surface area contributed by atoms with Crippen LogP contribution in [0.4, 0.5) is 0 Å². The van der Waals surface area contributed by atoms with Gasteiger partial charge in [-0.25, -0.2) is 0 Å². The maximum absolute atomic E-state index is 9.53. The first-order valence-corrected chi connectivity index (χ1v) is 5.04. The van der Waals surface area contributed by atoms with Crippen molar-refractivity contribution in [3.63, 3.8) is 0 Å². The molecule has 0 bridgehead atoms. The Labute approximate surface area is 81.7 Å². The molecular weight excluding hydrogens is 166 g/mol. The summed E-state index contributed by atoms with van der Waals surface area (Å²) in [5, 5.41) is 9.53. The fourth-order valence-corrected chi connectivity index (χ4v) is 1.19. The van der Waals surface area contributed by atoms with Gasteiger partial charge in [0.2, 0.25) is 0 Å². The molecule has 0 radical (unpaired) electrons. The van der Waals surface area contributed by atoms with Crippen LogP contribution in [-0.2, 0) is 4.74 Å².